The molecule has 0 radical (unpaired) electrons. The Kier molecular flexibility index (Phi) is 9.56. The van der Waals surface area contributed by atoms with Crippen LogP contribution in [0, 0.1) is 12.7 Å². The van der Waals surface area contributed by atoms with Crippen LogP contribution in [0.3, 0.4) is 0 Å². The van der Waals surface area contributed by atoms with Gasteiger partial charge in [-0.05, 0) is 48.7 Å². The average Bonchev–Trinajstić information content (AvgIpc) is 3.23. The summed E-state index contributed by atoms with van der Waals surface area (Å²) in [5.74, 6) is 1.29. The molecule has 32 heavy (non-hydrogen) atoms. The number of sulfonamides is 1. The minimum atomic E-state index is -3.62. The van der Waals surface area contributed by atoms with Gasteiger partial charge in [0.1, 0.15) is 11.6 Å². The molecule has 0 saturated carbocycles. The van der Waals surface area contributed by atoms with Crippen LogP contribution in [0.15, 0.2) is 47.5 Å². The van der Waals surface area contributed by atoms with Gasteiger partial charge in [0.2, 0.25) is 10.0 Å². The van der Waals surface area contributed by atoms with Gasteiger partial charge in [0.15, 0.2) is 5.96 Å². The van der Waals surface area contributed by atoms with E-state index in [1.165, 1.54) is 11.6 Å². The van der Waals surface area contributed by atoms with E-state index in [9.17, 15) is 12.8 Å². The number of guanidine groups is 1. The second-order valence-electron chi connectivity index (χ2n) is 7.56. The molecule has 7 nitrogen and oxygen atoms in total. The highest BCUT2D eigenvalue weighted by atomic mass is 127. The molecule has 1 aliphatic heterocycles. The molecule has 10 heteroatoms. The average molecular weight is 576 g/mol. The van der Waals surface area contributed by atoms with Gasteiger partial charge in [-0.2, -0.15) is 0 Å². The molecule has 0 aromatic heterocycles. The number of benzene rings is 2. The highest BCUT2D eigenvalue weighted by molar-refractivity contribution is 14.0. The maximum absolute atomic E-state index is 13.6. The smallest absolute Gasteiger partial charge is 0.234 e. The van der Waals surface area contributed by atoms with Crippen LogP contribution >= 0.6 is 24.0 Å². The second-order valence-corrected chi connectivity index (χ2v) is 9.41. The number of hydrogen-bond acceptors (Lipinski definition) is 4. The van der Waals surface area contributed by atoms with Crippen molar-refractivity contribution >= 4 is 45.6 Å². The molecule has 2 aromatic carbocycles. The van der Waals surface area contributed by atoms with Crippen molar-refractivity contribution in [1.82, 2.24) is 10.2 Å². The second kappa shape index (κ2) is 11.7. The molecular formula is C22H30FIN4O3S. The van der Waals surface area contributed by atoms with E-state index in [0.717, 1.165) is 25.3 Å². The van der Waals surface area contributed by atoms with Crippen LogP contribution in [0.4, 0.5) is 10.1 Å². The molecule has 0 bridgehead atoms. The molecule has 1 aliphatic rings. The van der Waals surface area contributed by atoms with Crippen LogP contribution in [0.1, 0.15) is 23.5 Å². The van der Waals surface area contributed by atoms with Crippen LogP contribution < -0.4 is 14.8 Å². The predicted octanol–water partition coefficient (Wildman–Crippen LogP) is 3.57. The molecule has 2 N–H and O–H groups in total. The van der Waals surface area contributed by atoms with Gasteiger partial charge in [-0.15, -0.1) is 24.0 Å². The molecule has 0 amide bonds. The quantitative estimate of drug-likeness (QED) is 0.299. The van der Waals surface area contributed by atoms with Crippen molar-refractivity contribution in [2.75, 3.05) is 44.3 Å². The fourth-order valence-corrected chi connectivity index (χ4v) is 4.58. The van der Waals surface area contributed by atoms with Crippen LogP contribution in [0.5, 0.6) is 5.75 Å². The van der Waals surface area contributed by atoms with Gasteiger partial charge < -0.3 is 15.0 Å². The fraction of sp³-hybridized carbons (Fsp3) is 0.409. The predicted molar refractivity (Wildman–Crippen MR) is 137 cm³/mol. The lowest BCUT2D eigenvalue weighted by molar-refractivity contribution is 0.414. The molecule has 0 spiro atoms. The lowest BCUT2D eigenvalue weighted by Crippen LogP contribution is -2.42. The van der Waals surface area contributed by atoms with Crippen molar-refractivity contribution < 1.29 is 17.5 Å². The highest BCUT2D eigenvalue weighted by Gasteiger charge is 2.26. The van der Waals surface area contributed by atoms with Crippen molar-refractivity contribution in [2.24, 2.45) is 4.99 Å². The van der Waals surface area contributed by atoms with Crippen LogP contribution in [0.25, 0.3) is 0 Å². The number of hydrogen-bond donors (Lipinski definition) is 2. The first-order valence-corrected chi connectivity index (χ1v) is 11.8. The van der Waals surface area contributed by atoms with Crippen molar-refractivity contribution in [1.29, 1.82) is 0 Å². The molecular weight excluding hydrogens is 546 g/mol. The summed E-state index contributed by atoms with van der Waals surface area (Å²) in [5, 5.41) is 3.13. The third-order valence-electron chi connectivity index (χ3n) is 5.39. The zero-order valence-corrected chi connectivity index (χ0v) is 21.6. The molecule has 1 unspecified atom stereocenters. The molecule has 1 fully saturated rings. The number of likely N-dealkylation sites (tertiary alicyclic amines) is 1. The Morgan fingerprint density at radius 2 is 1.97 bits per heavy atom. The zero-order chi connectivity index (χ0) is 22.4. The Morgan fingerprint density at radius 1 is 1.25 bits per heavy atom. The molecule has 3 rings (SSSR count). The minimum absolute atomic E-state index is 0. The van der Waals surface area contributed by atoms with Gasteiger partial charge >= 0.3 is 0 Å². The number of nitrogens with zero attached hydrogens (tertiary/aromatic N) is 2. The summed E-state index contributed by atoms with van der Waals surface area (Å²) in [6, 6.07) is 12.4. The first-order chi connectivity index (χ1) is 14.8. The van der Waals surface area contributed by atoms with E-state index in [0.29, 0.717) is 17.4 Å². The number of rotatable bonds is 7. The van der Waals surface area contributed by atoms with Gasteiger partial charge in [-0.25, -0.2) is 12.8 Å². The Bertz CT molecular complexity index is 1030. The topological polar surface area (TPSA) is 83.0 Å². The van der Waals surface area contributed by atoms with Gasteiger partial charge in [0.25, 0.3) is 0 Å². The monoisotopic (exact) mass is 576 g/mol. The van der Waals surface area contributed by atoms with Gasteiger partial charge in [0, 0.05) is 32.6 Å². The van der Waals surface area contributed by atoms with Crippen LogP contribution in [-0.2, 0) is 10.0 Å². The number of ether oxygens (including phenoxy) is 1. The molecule has 1 saturated heterocycles. The van der Waals surface area contributed by atoms with E-state index in [4.69, 9.17) is 4.74 Å². The number of aliphatic imine (C=N–C) groups is 1. The van der Waals surface area contributed by atoms with Gasteiger partial charge in [-0.3, -0.25) is 9.71 Å². The molecule has 2 aromatic rings. The lowest BCUT2D eigenvalue weighted by Gasteiger charge is -2.22. The van der Waals surface area contributed by atoms with E-state index in [2.05, 4.69) is 32.1 Å². The molecule has 1 heterocycles. The third kappa shape index (κ3) is 6.96. The summed E-state index contributed by atoms with van der Waals surface area (Å²) in [7, 11) is -0.282. The SMILES string of the molecule is CN=C(NCCS(=O)(=O)Nc1ccc(C)c(F)c1)N1CCC(c2ccc(OC)cc2)C1.I. The highest BCUT2D eigenvalue weighted by Crippen LogP contribution is 2.28. The Labute approximate surface area is 206 Å². The number of aryl methyl sites for hydroxylation is 1. The standard InChI is InChI=1S/C22H29FN4O3S.HI/c1-16-4-7-19(14-21(16)23)26-31(28,29)13-11-25-22(24-2)27-12-10-18(15-27)17-5-8-20(30-3)9-6-17;/h4-9,14,18,26H,10-13,15H2,1-3H3,(H,24,25);1H. The number of halogens is 2. The fourth-order valence-electron chi connectivity index (χ4n) is 3.62. The largest absolute Gasteiger partial charge is 0.497 e. The molecule has 0 aliphatic carbocycles. The van der Waals surface area contributed by atoms with Crippen molar-refractivity contribution in [3.8, 4) is 5.75 Å². The van der Waals surface area contributed by atoms with E-state index < -0.39 is 15.8 Å². The zero-order valence-electron chi connectivity index (χ0n) is 18.5. The summed E-state index contributed by atoms with van der Waals surface area (Å²) >= 11 is 0. The summed E-state index contributed by atoms with van der Waals surface area (Å²) < 4.78 is 46.0. The summed E-state index contributed by atoms with van der Waals surface area (Å²) in [4.78, 5) is 6.43. The van der Waals surface area contributed by atoms with Crippen LogP contribution in [0.2, 0.25) is 0 Å². The number of nitrogens with one attached hydrogen (secondary N) is 2. The summed E-state index contributed by atoms with van der Waals surface area (Å²) in [6.07, 6.45) is 0.992. The van der Waals surface area contributed by atoms with E-state index in [1.807, 2.05) is 12.1 Å². The number of methoxy groups -OCH3 is 1. The minimum Gasteiger partial charge on any atom is -0.497 e. The maximum Gasteiger partial charge on any atom is 0.234 e. The first-order valence-electron chi connectivity index (χ1n) is 10.2. The van der Waals surface area contributed by atoms with Crippen molar-refractivity contribution in [3.63, 3.8) is 0 Å². The summed E-state index contributed by atoms with van der Waals surface area (Å²) in [6.45, 7) is 3.46. The number of anilines is 1. The summed E-state index contributed by atoms with van der Waals surface area (Å²) in [5.41, 5.74) is 1.93. The maximum atomic E-state index is 13.6. The Morgan fingerprint density at radius 3 is 2.59 bits per heavy atom. The Hall–Kier alpha value is -2.08. The lowest BCUT2D eigenvalue weighted by atomic mass is 9.98. The molecule has 176 valence electrons. The van der Waals surface area contributed by atoms with Crippen molar-refractivity contribution in [2.45, 2.75) is 19.3 Å². The van der Waals surface area contributed by atoms with E-state index >= 15 is 0 Å². The van der Waals surface area contributed by atoms with Gasteiger partial charge in [0.05, 0.1) is 18.6 Å². The van der Waals surface area contributed by atoms with E-state index in [-0.39, 0.29) is 42.0 Å². The van der Waals surface area contributed by atoms with E-state index in [1.54, 1.807) is 33.2 Å². The van der Waals surface area contributed by atoms with Crippen LogP contribution in [-0.4, -0.2) is 58.8 Å². The first kappa shape index (κ1) is 26.2. The van der Waals surface area contributed by atoms with Gasteiger partial charge in [-0.1, -0.05) is 18.2 Å². The normalized spacial score (nSPS) is 16.4. The van der Waals surface area contributed by atoms with Crippen molar-refractivity contribution in [3.05, 3.63) is 59.4 Å². The third-order valence-corrected chi connectivity index (χ3v) is 6.67. The molecule has 1 atom stereocenters. The Balaban J connectivity index is 0.00000363.